The third-order valence-corrected chi connectivity index (χ3v) is 3.78. The van der Waals surface area contributed by atoms with Crippen LogP contribution in [0, 0.1) is 25.2 Å². The molecule has 0 aliphatic heterocycles. The summed E-state index contributed by atoms with van der Waals surface area (Å²) in [5.41, 5.74) is 9.19. The molecule has 0 bridgehead atoms. The summed E-state index contributed by atoms with van der Waals surface area (Å²) >= 11 is 0. The number of nitrogens with zero attached hydrogens (tertiary/aromatic N) is 3. The molecule has 106 valence electrons. The predicted octanol–water partition coefficient (Wildman–Crippen LogP) is 3.31. The Hall–Kier alpha value is -2.74. The largest absolute Gasteiger partial charge is 0.466 e. The lowest BCUT2D eigenvalue weighted by Gasteiger charge is -2.15. The van der Waals surface area contributed by atoms with Crippen LogP contribution < -0.4 is 5.73 Å². The van der Waals surface area contributed by atoms with E-state index < -0.39 is 0 Å². The van der Waals surface area contributed by atoms with Crippen molar-refractivity contribution in [1.82, 2.24) is 9.55 Å². The Bertz CT molecular complexity index is 866. The zero-order valence-electron chi connectivity index (χ0n) is 12.2. The van der Waals surface area contributed by atoms with Gasteiger partial charge in [0.05, 0.1) is 17.1 Å². The Morgan fingerprint density at radius 2 is 2.14 bits per heavy atom. The molecule has 2 N–H and O–H groups in total. The van der Waals surface area contributed by atoms with Gasteiger partial charge in [-0.15, -0.1) is 0 Å². The highest BCUT2D eigenvalue weighted by molar-refractivity contribution is 5.84. The van der Waals surface area contributed by atoms with Crippen molar-refractivity contribution in [2.24, 2.45) is 0 Å². The first-order valence-electron chi connectivity index (χ1n) is 6.76. The molecule has 3 rings (SSSR count). The van der Waals surface area contributed by atoms with E-state index in [0.717, 1.165) is 22.6 Å². The van der Waals surface area contributed by atoms with Crippen LogP contribution >= 0.6 is 0 Å². The summed E-state index contributed by atoms with van der Waals surface area (Å²) < 4.78 is 7.54. The van der Waals surface area contributed by atoms with Crippen LogP contribution in [0.4, 0.5) is 5.95 Å². The van der Waals surface area contributed by atoms with Gasteiger partial charge in [0.2, 0.25) is 5.95 Å². The van der Waals surface area contributed by atoms with E-state index in [1.165, 1.54) is 0 Å². The van der Waals surface area contributed by atoms with Gasteiger partial charge in [-0.1, -0.05) is 6.07 Å². The molecule has 0 saturated heterocycles. The van der Waals surface area contributed by atoms with Crippen LogP contribution in [-0.2, 0) is 0 Å². The molecule has 1 unspecified atom stereocenters. The van der Waals surface area contributed by atoms with Gasteiger partial charge < -0.3 is 14.7 Å². The lowest BCUT2D eigenvalue weighted by Crippen LogP contribution is -2.10. The number of imidazole rings is 1. The van der Waals surface area contributed by atoms with Crippen molar-refractivity contribution in [2.45, 2.75) is 26.8 Å². The normalized spacial score (nSPS) is 12.5. The molecule has 21 heavy (non-hydrogen) atoms. The molecule has 0 aliphatic rings. The Morgan fingerprint density at radius 3 is 2.76 bits per heavy atom. The highest BCUT2D eigenvalue weighted by Gasteiger charge is 2.20. The van der Waals surface area contributed by atoms with Gasteiger partial charge in [0, 0.05) is 5.56 Å². The first kappa shape index (κ1) is 13.3. The highest BCUT2D eigenvalue weighted by Crippen LogP contribution is 2.31. The molecule has 3 aromatic rings. The van der Waals surface area contributed by atoms with Gasteiger partial charge in [0.15, 0.2) is 0 Å². The molecule has 5 nitrogen and oxygen atoms in total. The minimum Gasteiger partial charge on any atom is -0.466 e. The zero-order valence-corrected chi connectivity index (χ0v) is 12.2. The summed E-state index contributed by atoms with van der Waals surface area (Å²) in [6.07, 6.45) is 0. The van der Waals surface area contributed by atoms with E-state index >= 15 is 0 Å². The Labute approximate surface area is 122 Å². The molecule has 1 atom stereocenters. The lowest BCUT2D eigenvalue weighted by atomic mass is 10.1. The number of nitriles is 1. The fourth-order valence-electron chi connectivity index (χ4n) is 2.84. The molecule has 0 spiro atoms. The minimum atomic E-state index is -0.0126. The number of hydrogen-bond acceptors (Lipinski definition) is 4. The van der Waals surface area contributed by atoms with Crippen molar-refractivity contribution >= 4 is 17.0 Å². The molecule has 5 heteroatoms. The molecule has 2 aromatic heterocycles. The molecule has 0 amide bonds. The summed E-state index contributed by atoms with van der Waals surface area (Å²) in [7, 11) is 0. The summed E-state index contributed by atoms with van der Waals surface area (Å²) in [6.45, 7) is 5.91. The second kappa shape index (κ2) is 4.67. The van der Waals surface area contributed by atoms with E-state index in [1.54, 1.807) is 6.07 Å². The fraction of sp³-hybridized carbons (Fsp3) is 0.250. The molecular weight excluding hydrogens is 264 g/mol. The third-order valence-electron chi connectivity index (χ3n) is 3.78. The van der Waals surface area contributed by atoms with Gasteiger partial charge in [-0.05, 0) is 39.0 Å². The van der Waals surface area contributed by atoms with Crippen LogP contribution in [-0.4, -0.2) is 9.55 Å². The third kappa shape index (κ3) is 1.96. The molecule has 2 heterocycles. The fourth-order valence-corrected chi connectivity index (χ4v) is 2.84. The van der Waals surface area contributed by atoms with E-state index in [1.807, 2.05) is 43.5 Å². The maximum absolute atomic E-state index is 9.18. The van der Waals surface area contributed by atoms with Crippen LogP contribution in [0.15, 0.2) is 28.7 Å². The van der Waals surface area contributed by atoms with Crippen LogP contribution in [0.3, 0.4) is 0 Å². The standard InChI is InChI=1S/C16H16N4O/c1-9-7-13(11(3)21-9)10(2)20-14-6-4-5-12(8-17)15(14)19-16(20)18/h4-7,10H,1-3H3,(H2,18,19). The van der Waals surface area contributed by atoms with Gasteiger partial charge in [-0.3, -0.25) is 0 Å². The number of nitrogens with two attached hydrogens (primary N) is 1. The predicted molar refractivity (Wildman–Crippen MR) is 80.9 cm³/mol. The minimum absolute atomic E-state index is 0.0126. The summed E-state index contributed by atoms with van der Waals surface area (Å²) in [5, 5.41) is 9.18. The molecule has 1 aromatic carbocycles. The SMILES string of the molecule is Cc1cc(C(C)n2c(N)nc3c(C#N)cccc32)c(C)o1. The van der Waals surface area contributed by atoms with E-state index in [-0.39, 0.29) is 6.04 Å². The van der Waals surface area contributed by atoms with Gasteiger partial charge in [-0.25, -0.2) is 4.98 Å². The van der Waals surface area contributed by atoms with Crippen molar-refractivity contribution < 1.29 is 4.42 Å². The number of fused-ring (bicyclic) bond motifs is 1. The van der Waals surface area contributed by atoms with Crippen molar-refractivity contribution in [3.05, 3.63) is 46.9 Å². The lowest BCUT2D eigenvalue weighted by molar-refractivity contribution is 0.495. The summed E-state index contributed by atoms with van der Waals surface area (Å²) in [6, 6.07) is 9.68. The van der Waals surface area contributed by atoms with Crippen molar-refractivity contribution in [3.63, 3.8) is 0 Å². The number of benzene rings is 1. The average Bonchev–Trinajstić information content (AvgIpc) is 2.96. The number of furan rings is 1. The molecule has 0 fully saturated rings. The molecule has 0 radical (unpaired) electrons. The quantitative estimate of drug-likeness (QED) is 0.780. The first-order valence-corrected chi connectivity index (χ1v) is 6.76. The second-order valence-electron chi connectivity index (χ2n) is 5.17. The van der Waals surface area contributed by atoms with Crippen molar-refractivity contribution in [2.75, 3.05) is 5.73 Å². The van der Waals surface area contributed by atoms with Gasteiger partial charge in [-0.2, -0.15) is 5.26 Å². The number of anilines is 1. The van der Waals surface area contributed by atoms with E-state index in [0.29, 0.717) is 17.0 Å². The molecular formula is C16H16N4O. The van der Waals surface area contributed by atoms with Crippen LogP contribution in [0.2, 0.25) is 0 Å². The second-order valence-corrected chi connectivity index (χ2v) is 5.17. The van der Waals surface area contributed by atoms with Gasteiger partial charge in [0.25, 0.3) is 0 Å². The average molecular weight is 280 g/mol. The van der Waals surface area contributed by atoms with Crippen molar-refractivity contribution in [1.29, 1.82) is 5.26 Å². The Morgan fingerprint density at radius 1 is 1.38 bits per heavy atom. The number of aryl methyl sites for hydroxylation is 2. The zero-order chi connectivity index (χ0) is 15.1. The van der Waals surface area contributed by atoms with E-state index in [9.17, 15) is 5.26 Å². The van der Waals surface area contributed by atoms with Gasteiger partial charge in [0.1, 0.15) is 23.1 Å². The maximum atomic E-state index is 9.18. The molecule has 0 aliphatic carbocycles. The van der Waals surface area contributed by atoms with Crippen LogP contribution in [0.5, 0.6) is 0 Å². The van der Waals surface area contributed by atoms with Crippen LogP contribution in [0.25, 0.3) is 11.0 Å². The first-order chi connectivity index (χ1) is 10.0. The number of nitrogen functional groups attached to an aromatic ring is 1. The van der Waals surface area contributed by atoms with E-state index in [4.69, 9.17) is 10.2 Å². The summed E-state index contributed by atoms with van der Waals surface area (Å²) in [4.78, 5) is 4.35. The number of aromatic nitrogens is 2. The summed E-state index contributed by atoms with van der Waals surface area (Å²) in [5.74, 6) is 2.14. The van der Waals surface area contributed by atoms with Gasteiger partial charge >= 0.3 is 0 Å². The maximum Gasteiger partial charge on any atom is 0.201 e. The number of rotatable bonds is 2. The smallest absolute Gasteiger partial charge is 0.201 e. The van der Waals surface area contributed by atoms with Crippen LogP contribution in [0.1, 0.15) is 35.6 Å². The highest BCUT2D eigenvalue weighted by atomic mass is 16.3. The van der Waals surface area contributed by atoms with Crippen molar-refractivity contribution in [3.8, 4) is 6.07 Å². The Balaban J connectivity index is 2.23. The monoisotopic (exact) mass is 280 g/mol. The number of hydrogen-bond donors (Lipinski definition) is 1. The van der Waals surface area contributed by atoms with E-state index in [2.05, 4.69) is 11.1 Å². The number of para-hydroxylation sites is 1. The Kier molecular flexibility index (Phi) is 2.95. The molecule has 0 saturated carbocycles. The topological polar surface area (TPSA) is 80.8 Å².